The van der Waals surface area contributed by atoms with Gasteiger partial charge in [-0.3, -0.25) is 29.7 Å². The zero-order chi connectivity index (χ0) is 30.4. The lowest BCUT2D eigenvalue weighted by molar-refractivity contribution is -0.169. The number of aliphatic hydroxyl groups is 1. The summed E-state index contributed by atoms with van der Waals surface area (Å²) >= 11 is 0. The molecule has 42 heavy (non-hydrogen) atoms. The van der Waals surface area contributed by atoms with Crippen molar-refractivity contribution in [2.24, 2.45) is 11.3 Å². The predicted molar refractivity (Wildman–Crippen MR) is 158 cm³/mol. The van der Waals surface area contributed by atoms with Crippen LogP contribution in [0.2, 0.25) is 0 Å². The van der Waals surface area contributed by atoms with Gasteiger partial charge in [0.15, 0.2) is 0 Å². The number of fused-ring (bicyclic) bond motifs is 4. The van der Waals surface area contributed by atoms with E-state index in [4.69, 9.17) is 14.5 Å². The Bertz CT molecular complexity index is 1270. The van der Waals surface area contributed by atoms with E-state index in [1.165, 1.54) is 5.01 Å². The first-order valence-electron chi connectivity index (χ1n) is 14.9. The molecule has 0 radical (unpaired) electrons. The van der Waals surface area contributed by atoms with Crippen molar-refractivity contribution >= 4 is 28.7 Å². The molecule has 2 amide bonds. The summed E-state index contributed by atoms with van der Waals surface area (Å²) < 4.78 is 11.6. The van der Waals surface area contributed by atoms with Gasteiger partial charge in [-0.25, -0.2) is 5.43 Å². The minimum absolute atomic E-state index is 0.0193. The van der Waals surface area contributed by atoms with Crippen molar-refractivity contribution in [1.82, 2.24) is 26.1 Å². The Morgan fingerprint density at radius 1 is 1.14 bits per heavy atom. The number of esters is 1. The van der Waals surface area contributed by atoms with E-state index in [-0.39, 0.29) is 43.7 Å². The number of ether oxygens (including phenoxy) is 2. The zero-order valence-electron chi connectivity index (χ0n) is 25.3. The van der Waals surface area contributed by atoms with Gasteiger partial charge in [0.25, 0.3) is 5.91 Å². The fourth-order valence-electron chi connectivity index (χ4n) is 5.09. The zero-order valence-corrected chi connectivity index (χ0v) is 25.3. The van der Waals surface area contributed by atoms with Crippen LogP contribution in [-0.4, -0.2) is 77.6 Å². The number of nitrogens with one attached hydrogen (secondary N) is 3. The highest BCUT2D eigenvalue weighted by Gasteiger charge is 2.36. The summed E-state index contributed by atoms with van der Waals surface area (Å²) in [6, 6.07) is 8.39. The maximum absolute atomic E-state index is 13.3. The number of aryl methyl sites for hydroxylation is 1. The van der Waals surface area contributed by atoms with E-state index < -0.39 is 29.6 Å². The number of pyridine rings is 1. The first kappa shape index (κ1) is 31.8. The van der Waals surface area contributed by atoms with Gasteiger partial charge in [-0.15, -0.1) is 0 Å². The van der Waals surface area contributed by atoms with E-state index in [0.29, 0.717) is 32.2 Å². The Morgan fingerprint density at radius 3 is 2.64 bits per heavy atom. The van der Waals surface area contributed by atoms with Crippen LogP contribution in [0, 0.1) is 11.3 Å². The number of hydrogen-bond acceptors (Lipinski definition) is 9. The maximum atomic E-state index is 13.3. The van der Waals surface area contributed by atoms with Crippen molar-refractivity contribution in [2.75, 3.05) is 26.5 Å². The molecule has 11 heteroatoms. The monoisotopic (exact) mass is 583 g/mol. The number of rotatable bonds is 2. The fraction of sp³-hybridized carbons (Fsp3) is 0.613. The van der Waals surface area contributed by atoms with Crippen LogP contribution in [-0.2, 0) is 30.3 Å². The molecule has 0 aliphatic carbocycles. The van der Waals surface area contributed by atoms with E-state index in [2.05, 4.69) is 16.1 Å². The van der Waals surface area contributed by atoms with Gasteiger partial charge in [-0.2, -0.15) is 0 Å². The number of nitrogens with zero attached hydrogens (tertiary/aromatic N) is 2. The fourth-order valence-corrected chi connectivity index (χ4v) is 5.09. The van der Waals surface area contributed by atoms with Gasteiger partial charge in [-0.05, 0) is 70.1 Å². The SMILES string of the molecule is CC1NCOC[C@H](C(C)C)OC(=O)[C@@](C)(CO)CCc2ccc3ccc(nc3c2)[C@@H](C)NC(=O)[C@@H]2CCCN(N2)C1=O. The number of hydrazine groups is 1. The third-order valence-corrected chi connectivity index (χ3v) is 8.30. The van der Waals surface area contributed by atoms with Crippen molar-refractivity contribution in [3.63, 3.8) is 0 Å². The molecule has 1 saturated heterocycles. The second kappa shape index (κ2) is 13.9. The Balaban J connectivity index is 1.60. The highest BCUT2D eigenvalue weighted by atomic mass is 16.6. The van der Waals surface area contributed by atoms with E-state index in [9.17, 15) is 19.5 Å². The average molecular weight is 584 g/mol. The lowest BCUT2D eigenvalue weighted by Gasteiger charge is -2.35. The first-order chi connectivity index (χ1) is 20.0. The lowest BCUT2D eigenvalue weighted by Crippen LogP contribution is -2.60. The molecule has 4 rings (SSSR count). The molecule has 0 saturated carbocycles. The maximum Gasteiger partial charge on any atom is 0.314 e. The number of benzene rings is 1. The molecule has 5 bridgehead atoms. The third kappa shape index (κ3) is 7.63. The van der Waals surface area contributed by atoms with Gasteiger partial charge in [0, 0.05) is 11.9 Å². The van der Waals surface area contributed by atoms with Gasteiger partial charge < -0.3 is 19.9 Å². The molecular weight excluding hydrogens is 538 g/mol. The van der Waals surface area contributed by atoms with Crippen LogP contribution in [0.1, 0.15) is 71.2 Å². The summed E-state index contributed by atoms with van der Waals surface area (Å²) in [6.45, 7) is 9.58. The standard InChI is InChI=1S/C31H45N5O6/c1-19(2)27-16-41-18-32-21(4)29(39)36-14-6-7-25(35-36)28(38)33-20(3)24-11-10-23-9-8-22(15-26(23)34-24)12-13-31(5,17-37)30(40)42-27/h8-11,15,19-21,25,27,32,35,37H,6-7,12-14,16-18H2,1-5H3,(H,33,38)/t20-,21?,25+,27-,31-/m1/s1. The molecule has 0 spiro atoms. The molecule has 1 fully saturated rings. The third-order valence-electron chi connectivity index (χ3n) is 8.30. The normalized spacial score (nSPS) is 29.1. The number of aromatic nitrogens is 1. The number of aliphatic hydroxyl groups excluding tert-OH is 1. The van der Waals surface area contributed by atoms with Crippen LogP contribution in [0.4, 0.5) is 0 Å². The predicted octanol–water partition coefficient (Wildman–Crippen LogP) is 2.37. The first-order valence-corrected chi connectivity index (χ1v) is 14.9. The molecule has 1 aromatic carbocycles. The minimum Gasteiger partial charge on any atom is -0.459 e. The van der Waals surface area contributed by atoms with Crippen LogP contribution in [0.25, 0.3) is 10.9 Å². The van der Waals surface area contributed by atoms with Crippen molar-refractivity contribution < 1.29 is 29.0 Å². The summed E-state index contributed by atoms with van der Waals surface area (Å²) in [7, 11) is 0. The van der Waals surface area contributed by atoms with E-state index >= 15 is 0 Å². The number of cyclic esters (lactones) is 1. The molecule has 1 aromatic heterocycles. The second-order valence-corrected chi connectivity index (χ2v) is 12.2. The summed E-state index contributed by atoms with van der Waals surface area (Å²) in [5, 5.41) is 18.8. The van der Waals surface area contributed by atoms with Crippen LogP contribution in [0.3, 0.4) is 0 Å². The molecule has 4 N–H and O–H groups in total. The van der Waals surface area contributed by atoms with Crippen LogP contribution >= 0.6 is 0 Å². The molecule has 3 heterocycles. The highest BCUT2D eigenvalue weighted by molar-refractivity contribution is 5.85. The molecular formula is C31H45N5O6. The van der Waals surface area contributed by atoms with Gasteiger partial charge >= 0.3 is 5.97 Å². The quantitative estimate of drug-likeness (QED) is 0.392. The van der Waals surface area contributed by atoms with Crippen LogP contribution in [0.15, 0.2) is 30.3 Å². The molecule has 2 aliphatic rings. The number of carbonyl (C=O) groups excluding carboxylic acids is 3. The van der Waals surface area contributed by atoms with Gasteiger partial charge in [-0.1, -0.05) is 32.0 Å². The van der Waals surface area contributed by atoms with Gasteiger partial charge in [0.2, 0.25) is 5.91 Å². The largest absolute Gasteiger partial charge is 0.459 e. The summed E-state index contributed by atoms with van der Waals surface area (Å²) in [6.07, 6.45) is 1.72. The minimum atomic E-state index is -1.09. The summed E-state index contributed by atoms with van der Waals surface area (Å²) in [5.74, 6) is -0.876. The topological polar surface area (TPSA) is 142 Å². The number of carbonyl (C=O) groups is 3. The highest BCUT2D eigenvalue weighted by Crippen LogP contribution is 2.28. The van der Waals surface area contributed by atoms with E-state index in [0.717, 1.165) is 22.2 Å². The van der Waals surface area contributed by atoms with Crippen LogP contribution in [0.5, 0.6) is 0 Å². The van der Waals surface area contributed by atoms with Gasteiger partial charge in [0.1, 0.15) is 12.1 Å². The molecule has 2 aromatic rings. The molecule has 230 valence electrons. The Kier molecular flexibility index (Phi) is 10.5. The molecule has 1 unspecified atom stereocenters. The lowest BCUT2D eigenvalue weighted by atomic mass is 9.84. The van der Waals surface area contributed by atoms with Gasteiger partial charge in [0.05, 0.1) is 48.7 Å². The van der Waals surface area contributed by atoms with Crippen molar-refractivity contribution in [1.29, 1.82) is 0 Å². The van der Waals surface area contributed by atoms with Crippen LogP contribution < -0.4 is 16.1 Å². The molecule has 11 nitrogen and oxygen atoms in total. The van der Waals surface area contributed by atoms with E-state index in [1.54, 1.807) is 13.8 Å². The second-order valence-electron chi connectivity index (χ2n) is 12.2. The summed E-state index contributed by atoms with van der Waals surface area (Å²) in [5.41, 5.74) is 4.48. The van der Waals surface area contributed by atoms with Crippen molar-refractivity contribution in [3.05, 3.63) is 41.6 Å². The smallest absolute Gasteiger partial charge is 0.314 e. The Hall–Kier alpha value is -3.12. The number of amides is 2. The number of hydrogen-bond donors (Lipinski definition) is 4. The molecule has 2 aliphatic heterocycles. The van der Waals surface area contributed by atoms with Crippen molar-refractivity contribution in [2.45, 2.75) is 84.5 Å². The molecule has 5 atom stereocenters. The Morgan fingerprint density at radius 2 is 1.90 bits per heavy atom. The van der Waals surface area contributed by atoms with Crippen molar-refractivity contribution in [3.8, 4) is 0 Å². The summed E-state index contributed by atoms with van der Waals surface area (Å²) in [4.78, 5) is 44.4. The van der Waals surface area contributed by atoms with E-state index in [1.807, 2.05) is 51.1 Å². The average Bonchev–Trinajstić information content (AvgIpc) is 2.99. The Labute approximate surface area is 247 Å².